The van der Waals surface area contributed by atoms with Crippen molar-refractivity contribution in [3.05, 3.63) is 194 Å². The number of benzene rings is 6. The van der Waals surface area contributed by atoms with Gasteiger partial charge in [0.05, 0.1) is 0 Å². The lowest BCUT2D eigenvalue weighted by atomic mass is 9.96. The molecule has 55 heavy (non-hydrogen) atoms. The molecule has 2 atom stereocenters. The molecule has 0 bridgehead atoms. The molecular formula is C48H46O5P2. The molecule has 0 amide bonds. The van der Waals surface area contributed by atoms with Crippen LogP contribution in [0.25, 0.3) is 0 Å². The first kappa shape index (κ1) is 39.5. The molecule has 0 N–H and O–H groups in total. The summed E-state index contributed by atoms with van der Waals surface area (Å²) in [7, 11) is -8.07. The summed E-state index contributed by atoms with van der Waals surface area (Å²) in [5.41, 5.74) is 7.47. The zero-order valence-corrected chi connectivity index (χ0v) is 34.5. The van der Waals surface area contributed by atoms with Crippen molar-refractivity contribution in [3.8, 4) is 0 Å². The molecule has 0 saturated carbocycles. The third-order valence-corrected chi connectivity index (χ3v) is 15.9. The largest absolute Gasteiger partial charge is 0.305 e. The zero-order chi connectivity index (χ0) is 39.8. The van der Waals surface area contributed by atoms with Gasteiger partial charge in [-0.15, -0.1) is 0 Å². The molecule has 0 spiro atoms. The monoisotopic (exact) mass is 764 g/mol. The molecule has 0 aliphatic carbocycles. The number of carbonyl (C=O) groups excluding carboxylic acids is 3. The van der Waals surface area contributed by atoms with Gasteiger partial charge in [0.15, 0.2) is 0 Å². The Morgan fingerprint density at radius 3 is 1.16 bits per heavy atom. The Hall–Kier alpha value is -5.21. The molecule has 0 radical (unpaired) electrons. The third kappa shape index (κ3) is 7.32. The van der Waals surface area contributed by atoms with Gasteiger partial charge < -0.3 is 9.13 Å². The summed E-state index contributed by atoms with van der Waals surface area (Å²) in [6, 6.07) is 36.2. The standard InChI is InChI=1S/C48H46O5P2/c1-30-23-32(3)43(33(4)24-30)46(49)54(52,40-15-11-9-12-16-40)42-21-19-38(20-22-42)29-39-27-36(7)45(37(8)28-39)48(51)55(53,41-17-13-10-14-18-41)47(50)44-34(5)25-31(2)26-35(44)6/h9-28H,29H2,1-8H3. The molecule has 0 heterocycles. The predicted octanol–water partition coefficient (Wildman–Crippen LogP) is 10.6. The van der Waals surface area contributed by atoms with Crippen LogP contribution in [-0.2, 0) is 15.6 Å². The molecule has 6 aromatic carbocycles. The van der Waals surface area contributed by atoms with E-state index in [0.29, 0.717) is 50.4 Å². The Bertz CT molecular complexity index is 2520. The quantitative estimate of drug-likeness (QED) is 0.123. The molecule has 2 unspecified atom stereocenters. The summed E-state index contributed by atoms with van der Waals surface area (Å²) in [6.07, 6.45) is 0.493. The minimum Gasteiger partial charge on any atom is -0.305 e. The van der Waals surface area contributed by atoms with Crippen molar-refractivity contribution in [2.75, 3.05) is 0 Å². The maximum Gasteiger partial charge on any atom is 0.248 e. The molecule has 5 nitrogen and oxygen atoms in total. The van der Waals surface area contributed by atoms with Gasteiger partial charge in [-0.1, -0.05) is 132 Å². The second kappa shape index (κ2) is 15.5. The van der Waals surface area contributed by atoms with E-state index in [-0.39, 0.29) is 16.4 Å². The lowest BCUT2D eigenvalue weighted by Crippen LogP contribution is -2.24. The molecule has 6 rings (SSSR count). The Labute approximate surface area is 324 Å². The van der Waals surface area contributed by atoms with Crippen molar-refractivity contribution < 1.29 is 23.5 Å². The Balaban J connectivity index is 1.35. The van der Waals surface area contributed by atoms with E-state index < -0.39 is 25.3 Å². The van der Waals surface area contributed by atoms with Crippen LogP contribution in [0.2, 0.25) is 0 Å². The molecular weight excluding hydrogens is 718 g/mol. The topological polar surface area (TPSA) is 85.3 Å². The first-order valence-electron chi connectivity index (χ1n) is 18.4. The summed E-state index contributed by atoms with van der Waals surface area (Å²) in [5.74, 6) is 0. The number of carbonyl (C=O) groups is 3. The molecule has 0 aliphatic heterocycles. The molecule has 6 aromatic rings. The fourth-order valence-electron chi connectivity index (χ4n) is 8.05. The van der Waals surface area contributed by atoms with E-state index >= 15 is 9.13 Å². The highest BCUT2D eigenvalue weighted by atomic mass is 31.2. The van der Waals surface area contributed by atoms with Gasteiger partial charge in [-0.05, 0) is 106 Å². The van der Waals surface area contributed by atoms with Crippen LogP contribution in [0.3, 0.4) is 0 Å². The predicted molar refractivity (Wildman–Crippen MR) is 226 cm³/mol. The van der Waals surface area contributed by atoms with Gasteiger partial charge in [0.25, 0.3) is 0 Å². The maximum absolute atomic E-state index is 15.1. The smallest absolute Gasteiger partial charge is 0.248 e. The number of hydrogen-bond donors (Lipinski definition) is 0. The van der Waals surface area contributed by atoms with Crippen LogP contribution in [0.5, 0.6) is 0 Å². The van der Waals surface area contributed by atoms with Crippen LogP contribution in [0.15, 0.2) is 121 Å². The van der Waals surface area contributed by atoms with E-state index in [0.717, 1.165) is 33.4 Å². The molecule has 278 valence electrons. The van der Waals surface area contributed by atoms with E-state index in [2.05, 4.69) is 0 Å². The average molecular weight is 765 g/mol. The molecule has 0 saturated heterocycles. The van der Waals surface area contributed by atoms with Crippen LogP contribution in [0, 0.1) is 55.4 Å². The molecule has 0 aromatic heterocycles. The van der Waals surface area contributed by atoms with Gasteiger partial charge in [-0.2, -0.15) is 0 Å². The minimum absolute atomic E-state index is 0.214. The highest BCUT2D eigenvalue weighted by Gasteiger charge is 2.45. The third-order valence-electron chi connectivity index (χ3n) is 10.4. The van der Waals surface area contributed by atoms with E-state index in [1.807, 2.05) is 110 Å². The lowest BCUT2D eigenvalue weighted by Gasteiger charge is -2.22. The molecule has 0 aliphatic rings. The van der Waals surface area contributed by atoms with Crippen molar-refractivity contribution in [3.63, 3.8) is 0 Å². The number of rotatable bonds is 11. The Kier molecular flexibility index (Phi) is 11.1. The van der Waals surface area contributed by atoms with Crippen molar-refractivity contribution in [1.29, 1.82) is 0 Å². The number of aryl methyl sites for hydroxylation is 8. The van der Waals surface area contributed by atoms with E-state index in [4.69, 9.17) is 0 Å². The van der Waals surface area contributed by atoms with Gasteiger partial charge in [-0.25, -0.2) is 0 Å². The maximum atomic E-state index is 15.1. The van der Waals surface area contributed by atoms with Crippen molar-refractivity contribution in [2.24, 2.45) is 0 Å². The van der Waals surface area contributed by atoms with Gasteiger partial charge >= 0.3 is 0 Å². The fraction of sp³-hybridized carbons (Fsp3) is 0.188. The highest BCUT2D eigenvalue weighted by Crippen LogP contribution is 2.53. The van der Waals surface area contributed by atoms with Crippen LogP contribution in [0.4, 0.5) is 0 Å². The second-order valence-electron chi connectivity index (χ2n) is 14.8. The summed E-state index contributed by atoms with van der Waals surface area (Å²) in [4.78, 5) is 43.4. The van der Waals surface area contributed by atoms with Crippen molar-refractivity contribution >= 4 is 46.8 Å². The van der Waals surface area contributed by atoms with Gasteiger partial charge in [0.1, 0.15) is 0 Å². The first-order valence-corrected chi connectivity index (χ1v) is 21.8. The minimum atomic E-state index is -4.32. The Morgan fingerprint density at radius 2 is 0.745 bits per heavy atom. The number of hydrogen-bond acceptors (Lipinski definition) is 5. The van der Waals surface area contributed by atoms with Gasteiger partial charge in [0.2, 0.25) is 30.9 Å². The summed E-state index contributed by atoms with van der Waals surface area (Å²) in [5, 5.41) is 1.16. The first-order chi connectivity index (χ1) is 26.1. The van der Waals surface area contributed by atoms with Crippen LogP contribution in [0.1, 0.15) is 86.7 Å². The second-order valence-corrected chi connectivity index (χ2v) is 20.0. The zero-order valence-electron chi connectivity index (χ0n) is 32.7. The van der Waals surface area contributed by atoms with Crippen molar-refractivity contribution in [2.45, 2.75) is 61.8 Å². The summed E-state index contributed by atoms with van der Waals surface area (Å²) >= 11 is 0. The van der Waals surface area contributed by atoms with Crippen LogP contribution >= 0.6 is 14.3 Å². The SMILES string of the molecule is Cc1cc(C)c(C(=O)P(=O)(C(=O)c2c(C)cc(Cc3ccc(P(=O)(C(=O)c4c(C)cc(C)cc4C)c4ccccc4)cc3)cc2C)c2ccccc2)c(C)c1. The molecule has 0 fully saturated rings. The van der Waals surface area contributed by atoms with Gasteiger partial charge in [0, 0.05) is 32.6 Å². The van der Waals surface area contributed by atoms with Crippen LogP contribution in [-0.4, -0.2) is 16.6 Å². The van der Waals surface area contributed by atoms with E-state index in [1.54, 1.807) is 66.7 Å². The lowest BCUT2D eigenvalue weighted by molar-refractivity contribution is 0.103. The van der Waals surface area contributed by atoms with Gasteiger partial charge in [-0.3, -0.25) is 14.4 Å². The highest BCUT2D eigenvalue weighted by molar-refractivity contribution is 8.01. The van der Waals surface area contributed by atoms with Crippen molar-refractivity contribution in [1.82, 2.24) is 0 Å². The summed E-state index contributed by atoms with van der Waals surface area (Å²) in [6.45, 7) is 15.0. The molecule has 7 heteroatoms. The normalized spacial score (nSPS) is 13.5. The average Bonchev–Trinajstić information content (AvgIpc) is 3.14. The van der Waals surface area contributed by atoms with E-state index in [9.17, 15) is 14.4 Å². The van der Waals surface area contributed by atoms with E-state index in [1.165, 1.54) is 0 Å². The summed E-state index contributed by atoms with van der Waals surface area (Å²) < 4.78 is 30.3. The fourth-order valence-corrected chi connectivity index (χ4v) is 13.2. The van der Waals surface area contributed by atoms with Crippen LogP contribution < -0.4 is 15.9 Å². The Morgan fingerprint density at radius 1 is 0.400 bits per heavy atom.